The number of carbonyl (C=O) groups excluding carboxylic acids is 1. The van der Waals surface area contributed by atoms with Gasteiger partial charge in [-0.1, -0.05) is 41.4 Å². The van der Waals surface area contributed by atoms with E-state index in [-0.39, 0.29) is 11.9 Å². The number of rotatable bonds is 6. The van der Waals surface area contributed by atoms with E-state index in [0.717, 1.165) is 32.8 Å². The van der Waals surface area contributed by atoms with Crippen molar-refractivity contribution in [1.82, 2.24) is 5.32 Å². The van der Waals surface area contributed by atoms with Crippen molar-refractivity contribution in [2.24, 2.45) is 0 Å². The summed E-state index contributed by atoms with van der Waals surface area (Å²) in [6.07, 6.45) is 1.08. The van der Waals surface area contributed by atoms with Gasteiger partial charge in [-0.25, -0.2) is 8.42 Å². The van der Waals surface area contributed by atoms with Crippen LogP contribution in [0.15, 0.2) is 36.4 Å². The van der Waals surface area contributed by atoms with E-state index < -0.39 is 16.1 Å². The predicted molar refractivity (Wildman–Crippen MR) is 115 cm³/mol. The Bertz CT molecular complexity index is 989. The fourth-order valence-electron chi connectivity index (χ4n) is 3.17. The highest BCUT2D eigenvalue weighted by molar-refractivity contribution is 7.92. The van der Waals surface area contributed by atoms with Gasteiger partial charge in [-0.15, -0.1) is 0 Å². The summed E-state index contributed by atoms with van der Waals surface area (Å²) in [6, 6.07) is 9.82. The van der Waals surface area contributed by atoms with E-state index in [9.17, 15) is 13.2 Å². The molecule has 0 aliphatic heterocycles. The van der Waals surface area contributed by atoms with E-state index >= 15 is 0 Å². The maximum atomic E-state index is 12.9. The van der Waals surface area contributed by atoms with Crippen molar-refractivity contribution in [3.05, 3.63) is 63.7 Å². The molecule has 2 rings (SSSR count). The van der Waals surface area contributed by atoms with E-state index in [1.807, 2.05) is 45.9 Å². The lowest BCUT2D eigenvalue weighted by Gasteiger charge is -2.30. The van der Waals surface area contributed by atoms with Crippen molar-refractivity contribution in [2.75, 3.05) is 10.6 Å². The molecule has 0 saturated carbocycles. The highest BCUT2D eigenvalue weighted by Gasteiger charge is 2.30. The lowest BCUT2D eigenvalue weighted by atomic mass is 10.00. The molecule has 0 radical (unpaired) electrons. The number of carbonyl (C=O) groups is 1. The first-order chi connectivity index (χ1) is 12.9. The minimum absolute atomic E-state index is 0.252. The van der Waals surface area contributed by atoms with Gasteiger partial charge in [0, 0.05) is 5.02 Å². The monoisotopic (exact) mass is 422 g/mol. The molecule has 0 aliphatic carbocycles. The maximum absolute atomic E-state index is 12.9. The number of amides is 1. The van der Waals surface area contributed by atoms with Gasteiger partial charge in [0.1, 0.15) is 6.04 Å². The summed E-state index contributed by atoms with van der Waals surface area (Å²) < 4.78 is 26.0. The second-order valence-corrected chi connectivity index (χ2v) is 9.53. The Balaban J connectivity index is 2.31. The Kier molecular flexibility index (Phi) is 6.78. The third-order valence-corrected chi connectivity index (χ3v) is 6.41. The van der Waals surface area contributed by atoms with Gasteiger partial charge in [-0.05, 0) is 63.4 Å². The van der Waals surface area contributed by atoms with Crippen LogP contribution in [0.3, 0.4) is 0 Å². The number of anilines is 1. The van der Waals surface area contributed by atoms with Gasteiger partial charge in [0.2, 0.25) is 15.9 Å². The molecule has 152 valence electrons. The first-order valence-corrected chi connectivity index (χ1v) is 11.3. The van der Waals surface area contributed by atoms with E-state index in [0.29, 0.717) is 10.7 Å². The fraction of sp³-hybridized carbons (Fsp3) is 0.381. The van der Waals surface area contributed by atoms with Crippen LogP contribution in [0.5, 0.6) is 0 Å². The molecule has 0 aliphatic rings. The Labute approximate surface area is 172 Å². The van der Waals surface area contributed by atoms with Gasteiger partial charge in [0.05, 0.1) is 18.0 Å². The molecule has 1 N–H and O–H groups in total. The Morgan fingerprint density at radius 3 is 2.21 bits per heavy atom. The van der Waals surface area contributed by atoms with Gasteiger partial charge in [-0.2, -0.15) is 0 Å². The Hall–Kier alpha value is -2.05. The lowest BCUT2D eigenvalue weighted by molar-refractivity contribution is -0.122. The normalized spacial score (nSPS) is 13.7. The second-order valence-electron chi connectivity index (χ2n) is 7.26. The predicted octanol–water partition coefficient (Wildman–Crippen LogP) is 4.30. The molecular weight excluding hydrogens is 396 g/mol. The van der Waals surface area contributed by atoms with Gasteiger partial charge in [0.15, 0.2) is 0 Å². The topological polar surface area (TPSA) is 66.5 Å². The molecule has 0 spiro atoms. The van der Waals surface area contributed by atoms with Crippen LogP contribution in [0.25, 0.3) is 0 Å². The summed E-state index contributed by atoms with van der Waals surface area (Å²) in [4.78, 5) is 12.9. The molecular formula is C21H27ClN2O3S. The SMILES string of the molecule is Cc1ccc(C)c([C@H](C)NC(=O)[C@@H](C)N(c2ccc(C)c(Cl)c2)S(C)(=O)=O)c1. The number of nitrogens with zero attached hydrogens (tertiary/aromatic N) is 1. The zero-order valence-electron chi connectivity index (χ0n) is 17.1. The quantitative estimate of drug-likeness (QED) is 0.754. The molecule has 0 saturated heterocycles. The number of halogens is 1. The summed E-state index contributed by atoms with van der Waals surface area (Å²) in [7, 11) is -3.69. The van der Waals surface area contributed by atoms with Crippen molar-refractivity contribution in [3.63, 3.8) is 0 Å². The van der Waals surface area contributed by atoms with Gasteiger partial charge in [-0.3, -0.25) is 9.10 Å². The first-order valence-electron chi connectivity index (χ1n) is 9.05. The molecule has 0 bridgehead atoms. The van der Waals surface area contributed by atoms with E-state index in [4.69, 9.17) is 11.6 Å². The molecule has 1 amide bonds. The van der Waals surface area contributed by atoms with Crippen LogP contribution in [-0.2, 0) is 14.8 Å². The van der Waals surface area contributed by atoms with Crippen molar-refractivity contribution in [3.8, 4) is 0 Å². The first kappa shape index (κ1) is 22.2. The maximum Gasteiger partial charge on any atom is 0.244 e. The average Bonchev–Trinajstić information content (AvgIpc) is 2.58. The summed E-state index contributed by atoms with van der Waals surface area (Å²) in [5, 5.41) is 3.38. The summed E-state index contributed by atoms with van der Waals surface area (Å²) in [5.74, 6) is -0.379. The summed E-state index contributed by atoms with van der Waals surface area (Å²) in [5.41, 5.74) is 4.36. The zero-order chi connectivity index (χ0) is 21.2. The molecule has 0 heterocycles. The molecule has 2 aromatic rings. The van der Waals surface area contributed by atoms with Gasteiger partial charge >= 0.3 is 0 Å². The second kappa shape index (κ2) is 8.53. The van der Waals surface area contributed by atoms with Crippen LogP contribution in [-0.4, -0.2) is 26.6 Å². The van der Waals surface area contributed by atoms with Crippen LogP contribution in [0.2, 0.25) is 5.02 Å². The van der Waals surface area contributed by atoms with Crippen molar-refractivity contribution >= 4 is 33.2 Å². The molecule has 0 unspecified atom stereocenters. The number of nitrogens with one attached hydrogen (secondary N) is 1. The fourth-order valence-corrected chi connectivity index (χ4v) is 4.51. The molecule has 5 nitrogen and oxygen atoms in total. The lowest BCUT2D eigenvalue weighted by Crippen LogP contribution is -2.48. The minimum Gasteiger partial charge on any atom is -0.348 e. The summed E-state index contributed by atoms with van der Waals surface area (Å²) in [6.45, 7) is 9.27. The highest BCUT2D eigenvalue weighted by Crippen LogP contribution is 2.27. The Morgan fingerprint density at radius 1 is 1.04 bits per heavy atom. The standard InChI is InChI=1S/C21H27ClN2O3S/c1-13-7-8-14(2)19(11-13)16(4)23-21(25)17(5)24(28(6,26)27)18-10-9-15(3)20(22)12-18/h7-12,16-17H,1-6H3,(H,23,25)/t16-,17+/m0/s1. The molecule has 2 atom stereocenters. The molecule has 7 heteroatoms. The van der Waals surface area contributed by atoms with Crippen LogP contribution in [0.1, 0.15) is 42.1 Å². The molecule has 0 aromatic heterocycles. The van der Waals surface area contributed by atoms with E-state index in [1.165, 1.54) is 0 Å². The minimum atomic E-state index is -3.69. The third kappa shape index (κ3) is 5.06. The third-order valence-electron chi connectivity index (χ3n) is 4.76. The van der Waals surface area contributed by atoms with Crippen LogP contribution >= 0.6 is 11.6 Å². The van der Waals surface area contributed by atoms with Crippen LogP contribution < -0.4 is 9.62 Å². The van der Waals surface area contributed by atoms with Gasteiger partial charge < -0.3 is 5.32 Å². The Morgan fingerprint density at radius 2 is 1.64 bits per heavy atom. The van der Waals surface area contributed by atoms with E-state index in [2.05, 4.69) is 5.32 Å². The zero-order valence-corrected chi connectivity index (χ0v) is 18.6. The summed E-state index contributed by atoms with van der Waals surface area (Å²) >= 11 is 6.17. The smallest absolute Gasteiger partial charge is 0.244 e. The molecule has 2 aromatic carbocycles. The largest absolute Gasteiger partial charge is 0.348 e. The van der Waals surface area contributed by atoms with Crippen molar-refractivity contribution < 1.29 is 13.2 Å². The highest BCUT2D eigenvalue weighted by atomic mass is 35.5. The van der Waals surface area contributed by atoms with Crippen LogP contribution in [0.4, 0.5) is 5.69 Å². The van der Waals surface area contributed by atoms with Crippen LogP contribution in [0, 0.1) is 20.8 Å². The van der Waals surface area contributed by atoms with Gasteiger partial charge in [0.25, 0.3) is 0 Å². The average molecular weight is 423 g/mol. The number of sulfonamides is 1. The molecule has 28 heavy (non-hydrogen) atoms. The number of hydrogen-bond donors (Lipinski definition) is 1. The van der Waals surface area contributed by atoms with Crippen molar-refractivity contribution in [2.45, 2.75) is 46.7 Å². The van der Waals surface area contributed by atoms with E-state index in [1.54, 1.807) is 25.1 Å². The molecule has 0 fully saturated rings. The number of benzene rings is 2. The van der Waals surface area contributed by atoms with Crippen molar-refractivity contribution in [1.29, 1.82) is 0 Å². The number of aryl methyl sites for hydroxylation is 3. The number of hydrogen-bond acceptors (Lipinski definition) is 3.